The number of urea groups is 1. The number of carbonyl (C=O) groups is 1. The van der Waals surface area contributed by atoms with Gasteiger partial charge in [0.1, 0.15) is 0 Å². The molecule has 0 fully saturated rings. The van der Waals surface area contributed by atoms with Crippen LogP contribution in [-0.2, 0) is 16.6 Å². The minimum atomic E-state index is -3.52. The number of nitrogens with zero attached hydrogens (tertiary/aromatic N) is 1. The van der Waals surface area contributed by atoms with E-state index in [2.05, 4.69) is 0 Å². The van der Waals surface area contributed by atoms with Crippen molar-refractivity contribution in [3.8, 4) is 0 Å². The molecule has 1 aliphatic rings. The van der Waals surface area contributed by atoms with E-state index in [4.69, 9.17) is 0 Å². The molecule has 0 aliphatic carbocycles. The van der Waals surface area contributed by atoms with E-state index in [-0.39, 0.29) is 6.04 Å². The molecule has 1 atom stereocenters. The number of sulfonamides is 1. The lowest BCUT2D eigenvalue weighted by atomic mass is 10.0. The lowest BCUT2D eigenvalue weighted by molar-refractivity contribution is 0.184. The molecule has 5 nitrogen and oxygen atoms in total. The van der Waals surface area contributed by atoms with E-state index in [1.54, 1.807) is 4.90 Å². The molecular formula is C12H16N2O3S. The van der Waals surface area contributed by atoms with Crippen molar-refractivity contribution in [3.05, 3.63) is 35.4 Å². The van der Waals surface area contributed by atoms with Gasteiger partial charge in [0, 0.05) is 6.54 Å². The Kier molecular flexibility index (Phi) is 3.30. The highest BCUT2D eigenvalue weighted by Crippen LogP contribution is 2.35. The number of hydrogen-bond acceptors (Lipinski definition) is 3. The van der Waals surface area contributed by atoms with Crippen molar-refractivity contribution in [2.75, 3.05) is 6.26 Å². The second-order valence-electron chi connectivity index (χ2n) is 4.43. The number of fused-ring (bicyclic) bond motifs is 1. The molecule has 98 valence electrons. The Bertz CT molecular complexity index is 568. The third-order valence-corrected chi connectivity index (χ3v) is 3.60. The molecule has 18 heavy (non-hydrogen) atoms. The molecule has 1 aliphatic heterocycles. The molecule has 0 spiro atoms. The Labute approximate surface area is 107 Å². The van der Waals surface area contributed by atoms with Crippen LogP contribution in [0.4, 0.5) is 4.79 Å². The van der Waals surface area contributed by atoms with Crippen LogP contribution in [0, 0.1) is 0 Å². The van der Waals surface area contributed by atoms with E-state index in [0.29, 0.717) is 6.54 Å². The summed E-state index contributed by atoms with van der Waals surface area (Å²) < 4.78 is 24.2. The predicted molar refractivity (Wildman–Crippen MR) is 68.4 cm³/mol. The van der Waals surface area contributed by atoms with Gasteiger partial charge >= 0.3 is 6.03 Å². The molecule has 1 aromatic carbocycles. The monoisotopic (exact) mass is 268 g/mol. The third kappa shape index (κ3) is 2.48. The van der Waals surface area contributed by atoms with Gasteiger partial charge in [-0.25, -0.2) is 17.9 Å². The molecule has 1 aromatic rings. The highest BCUT2D eigenvalue weighted by Gasteiger charge is 2.32. The van der Waals surface area contributed by atoms with Gasteiger partial charge in [0.25, 0.3) is 0 Å². The molecule has 0 aromatic heterocycles. The van der Waals surface area contributed by atoms with Crippen LogP contribution in [0.1, 0.15) is 30.5 Å². The number of hydrogen-bond donors (Lipinski definition) is 1. The molecular weight excluding hydrogens is 252 g/mol. The first kappa shape index (κ1) is 12.9. The first-order valence-electron chi connectivity index (χ1n) is 5.78. The fraction of sp³-hybridized carbons (Fsp3) is 0.417. The van der Waals surface area contributed by atoms with Gasteiger partial charge in [0.2, 0.25) is 10.0 Å². The Morgan fingerprint density at radius 2 is 2.11 bits per heavy atom. The maximum Gasteiger partial charge on any atom is 0.331 e. The van der Waals surface area contributed by atoms with Gasteiger partial charge in [0.15, 0.2) is 0 Å². The maximum atomic E-state index is 11.9. The van der Waals surface area contributed by atoms with Crippen molar-refractivity contribution in [3.63, 3.8) is 0 Å². The summed E-state index contributed by atoms with van der Waals surface area (Å²) in [6, 6.07) is 7.19. The summed E-state index contributed by atoms with van der Waals surface area (Å²) in [7, 11) is -3.52. The summed E-state index contributed by atoms with van der Waals surface area (Å²) in [6.07, 6.45) is 1.74. The second kappa shape index (κ2) is 4.61. The first-order valence-corrected chi connectivity index (χ1v) is 7.67. The summed E-state index contributed by atoms with van der Waals surface area (Å²) in [4.78, 5) is 13.5. The van der Waals surface area contributed by atoms with Gasteiger partial charge in [-0.05, 0) is 17.5 Å². The van der Waals surface area contributed by atoms with Crippen molar-refractivity contribution in [2.45, 2.75) is 25.9 Å². The minimum absolute atomic E-state index is 0.0528. The number of carbonyl (C=O) groups excluding carboxylic acids is 1. The van der Waals surface area contributed by atoms with Crippen LogP contribution in [0.3, 0.4) is 0 Å². The lowest BCUT2D eigenvalue weighted by Crippen LogP contribution is -2.41. The van der Waals surface area contributed by atoms with Crippen molar-refractivity contribution in [1.82, 2.24) is 9.62 Å². The van der Waals surface area contributed by atoms with Crippen molar-refractivity contribution in [2.24, 2.45) is 0 Å². The zero-order valence-corrected chi connectivity index (χ0v) is 11.2. The van der Waals surface area contributed by atoms with Gasteiger partial charge in [-0.1, -0.05) is 31.2 Å². The Hall–Kier alpha value is -1.56. The molecule has 0 saturated carbocycles. The van der Waals surface area contributed by atoms with Crippen LogP contribution in [0.25, 0.3) is 0 Å². The van der Waals surface area contributed by atoms with Crippen LogP contribution in [0.2, 0.25) is 0 Å². The van der Waals surface area contributed by atoms with Gasteiger partial charge in [-0.15, -0.1) is 0 Å². The highest BCUT2D eigenvalue weighted by atomic mass is 32.2. The standard InChI is InChI=1S/C12H16N2O3S/c1-3-11-10-7-5-4-6-9(10)8-14(11)12(15)13-18(2,16)17/h4-7,11H,3,8H2,1-2H3,(H,13,15). The second-order valence-corrected chi connectivity index (χ2v) is 6.18. The number of benzene rings is 1. The van der Waals surface area contributed by atoms with Gasteiger partial charge in [0.05, 0.1) is 12.3 Å². The molecule has 0 bridgehead atoms. The van der Waals surface area contributed by atoms with E-state index >= 15 is 0 Å². The summed E-state index contributed by atoms with van der Waals surface area (Å²) in [5, 5.41) is 0. The van der Waals surface area contributed by atoms with Crippen LogP contribution >= 0.6 is 0 Å². The van der Waals surface area contributed by atoms with Gasteiger partial charge in [-0.2, -0.15) is 0 Å². The lowest BCUT2D eigenvalue weighted by Gasteiger charge is -2.23. The fourth-order valence-electron chi connectivity index (χ4n) is 2.34. The number of nitrogens with one attached hydrogen (secondary N) is 1. The van der Waals surface area contributed by atoms with E-state index in [1.165, 1.54) is 0 Å². The zero-order chi connectivity index (χ0) is 13.3. The third-order valence-electron chi connectivity index (χ3n) is 3.05. The number of amides is 2. The quantitative estimate of drug-likeness (QED) is 0.886. The van der Waals surface area contributed by atoms with Crippen LogP contribution in [0.15, 0.2) is 24.3 Å². The molecule has 0 radical (unpaired) electrons. The topological polar surface area (TPSA) is 66.5 Å². The molecule has 1 unspecified atom stereocenters. The molecule has 1 heterocycles. The van der Waals surface area contributed by atoms with E-state index < -0.39 is 16.1 Å². The van der Waals surface area contributed by atoms with Gasteiger partial charge in [-0.3, -0.25) is 0 Å². The maximum absolute atomic E-state index is 11.9. The van der Waals surface area contributed by atoms with Crippen molar-refractivity contribution in [1.29, 1.82) is 0 Å². The first-order chi connectivity index (χ1) is 8.42. The smallest absolute Gasteiger partial charge is 0.313 e. The van der Waals surface area contributed by atoms with E-state index in [0.717, 1.165) is 23.8 Å². The van der Waals surface area contributed by atoms with Crippen LogP contribution in [-0.4, -0.2) is 25.6 Å². The summed E-state index contributed by atoms with van der Waals surface area (Å²) in [5.41, 5.74) is 2.18. The molecule has 6 heteroatoms. The summed E-state index contributed by atoms with van der Waals surface area (Å²) in [6.45, 7) is 2.43. The van der Waals surface area contributed by atoms with E-state index in [1.807, 2.05) is 35.9 Å². The minimum Gasteiger partial charge on any atom is -0.313 e. The Morgan fingerprint density at radius 3 is 2.72 bits per heavy atom. The highest BCUT2D eigenvalue weighted by molar-refractivity contribution is 7.89. The summed E-state index contributed by atoms with van der Waals surface area (Å²) >= 11 is 0. The Balaban J connectivity index is 2.25. The fourth-order valence-corrected chi connectivity index (χ4v) is 2.77. The van der Waals surface area contributed by atoms with Crippen LogP contribution < -0.4 is 4.72 Å². The van der Waals surface area contributed by atoms with E-state index in [9.17, 15) is 13.2 Å². The molecule has 2 rings (SSSR count). The average molecular weight is 268 g/mol. The van der Waals surface area contributed by atoms with Crippen molar-refractivity contribution >= 4 is 16.1 Å². The normalized spacial score (nSPS) is 18.6. The Morgan fingerprint density at radius 1 is 1.44 bits per heavy atom. The van der Waals surface area contributed by atoms with Gasteiger partial charge < -0.3 is 4.90 Å². The number of rotatable bonds is 2. The largest absolute Gasteiger partial charge is 0.331 e. The predicted octanol–water partition coefficient (Wildman–Crippen LogP) is 1.62. The molecule has 2 amide bonds. The average Bonchev–Trinajstić information content (AvgIpc) is 2.65. The molecule has 1 N–H and O–H groups in total. The zero-order valence-electron chi connectivity index (χ0n) is 10.4. The SMILES string of the molecule is CCC1c2ccccc2CN1C(=O)NS(C)(=O)=O. The van der Waals surface area contributed by atoms with Crippen molar-refractivity contribution < 1.29 is 13.2 Å². The summed E-state index contributed by atoms with van der Waals surface area (Å²) in [5.74, 6) is 0. The molecule has 0 saturated heterocycles. The van der Waals surface area contributed by atoms with Crippen LogP contribution in [0.5, 0.6) is 0 Å².